The summed E-state index contributed by atoms with van der Waals surface area (Å²) in [6, 6.07) is 12.1. The van der Waals surface area contributed by atoms with Gasteiger partial charge in [0.1, 0.15) is 17.3 Å². The number of aliphatic hydroxyl groups is 1. The van der Waals surface area contributed by atoms with Gasteiger partial charge in [0, 0.05) is 12.1 Å². The molecule has 0 saturated carbocycles. The quantitative estimate of drug-likeness (QED) is 0.190. The Balaban J connectivity index is 2.12. The summed E-state index contributed by atoms with van der Waals surface area (Å²) < 4.78 is 11.2. The van der Waals surface area contributed by atoms with Crippen molar-refractivity contribution in [2.45, 2.75) is 71.9 Å². The molecule has 1 heterocycles. The number of carbonyl (C=O) groups is 2. The highest BCUT2D eigenvalue weighted by atomic mass is 16.5. The number of ether oxygens (including phenoxy) is 2. The van der Waals surface area contributed by atoms with Crippen LogP contribution in [-0.2, 0) is 9.59 Å². The van der Waals surface area contributed by atoms with Crippen molar-refractivity contribution in [1.82, 2.24) is 4.90 Å². The second-order valence-electron chi connectivity index (χ2n) is 9.55. The molecule has 1 amide bonds. The second-order valence-corrected chi connectivity index (χ2v) is 9.55. The van der Waals surface area contributed by atoms with Gasteiger partial charge in [0.15, 0.2) is 0 Å². The molecular formula is C29H37NO5. The van der Waals surface area contributed by atoms with E-state index in [0.717, 1.165) is 30.4 Å². The summed E-state index contributed by atoms with van der Waals surface area (Å²) in [6.45, 7) is 10.5. The van der Waals surface area contributed by atoms with Crippen LogP contribution < -0.4 is 9.47 Å². The Labute approximate surface area is 208 Å². The van der Waals surface area contributed by atoms with E-state index in [1.165, 1.54) is 0 Å². The minimum absolute atomic E-state index is 0.0331. The fourth-order valence-corrected chi connectivity index (χ4v) is 4.48. The molecular weight excluding hydrogens is 442 g/mol. The Morgan fingerprint density at radius 3 is 2.29 bits per heavy atom. The van der Waals surface area contributed by atoms with Crippen LogP contribution in [0.15, 0.2) is 48.0 Å². The molecule has 1 fully saturated rings. The Hall–Kier alpha value is -3.28. The van der Waals surface area contributed by atoms with Crippen LogP contribution in [0.2, 0.25) is 0 Å². The van der Waals surface area contributed by atoms with E-state index in [0.29, 0.717) is 23.6 Å². The van der Waals surface area contributed by atoms with E-state index >= 15 is 0 Å². The van der Waals surface area contributed by atoms with Gasteiger partial charge in [-0.3, -0.25) is 9.59 Å². The monoisotopic (exact) mass is 479 g/mol. The maximum Gasteiger partial charge on any atom is 0.295 e. The molecule has 1 unspecified atom stereocenters. The van der Waals surface area contributed by atoms with Gasteiger partial charge in [-0.1, -0.05) is 45.7 Å². The molecule has 0 aliphatic carbocycles. The van der Waals surface area contributed by atoms with Crippen molar-refractivity contribution in [3.8, 4) is 11.5 Å². The predicted molar refractivity (Wildman–Crippen MR) is 138 cm³/mol. The highest BCUT2D eigenvalue weighted by Crippen LogP contribution is 2.41. The van der Waals surface area contributed by atoms with Gasteiger partial charge in [-0.2, -0.15) is 0 Å². The molecule has 1 aliphatic heterocycles. The molecule has 1 atom stereocenters. The number of aliphatic hydroxyl groups excluding tert-OH is 1. The summed E-state index contributed by atoms with van der Waals surface area (Å²) in [4.78, 5) is 27.9. The molecule has 1 aliphatic rings. The summed E-state index contributed by atoms with van der Waals surface area (Å²) in [5.74, 6) is 0.176. The number of hydrogen-bond donors (Lipinski definition) is 1. The maximum absolute atomic E-state index is 13.2. The zero-order valence-electron chi connectivity index (χ0n) is 21.6. The highest BCUT2D eigenvalue weighted by Gasteiger charge is 2.45. The van der Waals surface area contributed by atoms with E-state index in [-0.39, 0.29) is 23.4 Å². The standard InChI is InChI=1S/C29H37NO5/c1-7-8-9-16-30-26(20-10-13-22(14-11-20)35-19(4)5)25(28(32)29(30)33)27(31)21-12-15-24(34-6)23(17-21)18(2)3/h10-15,17-19,26,31H,7-9,16H2,1-6H3/b27-25-. The van der Waals surface area contributed by atoms with Crippen LogP contribution in [0.3, 0.4) is 0 Å². The van der Waals surface area contributed by atoms with Gasteiger partial charge < -0.3 is 19.5 Å². The van der Waals surface area contributed by atoms with Crippen LogP contribution in [0, 0.1) is 0 Å². The van der Waals surface area contributed by atoms with E-state index in [4.69, 9.17) is 9.47 Å². The zero-order chi connectivity index (χ0) is 25.7. The van der Waals surface area contributed by atoms with Crippen molar-refractivity contribution in [3.05, 3.63) is 64.7 Å². The summed E-state index contributed by atoms with van der Waals surface area (Å²) >= 11 is 0. The predicted octanol–water partition coefficient (Wildman–Crippen LogP) is 6.22. The Bertz CT molecular complexity index is 1080. The second kappa shape index (κ2) is 11.4. The van der Waals surface area contributed by atoms with Crippen molar-refractivity contribution < 1.29 is 24.2 Å². The number of hydrogen-bond acceptors (Lipinski definition) is 5. The third-order valence-corrected chi connectivity index (χ3v) is 6.24. The molecule has 2 aromatic rings. The van der Waals surface area contributed by atoms with E-state index in [1.54, 1.807) is 24.1 Å². The number of Topliss-reactive ketones (excluding diaryl/α,β-unsaturated/α-hetero) is 1. The number of ketones is 1. The Morgan fingerprint density at radius 2 is 1.71 bits per heavy atom. The number of methoxy groups -OCH3 is 1. The molecule has 35 heavy (non-hydrogen) atoms. The number of unbranched alkanes of at least 4 members (excludes halogenated alkanes) is 2. The molecule has 0 aromatic heterocycles. The molecule has 1 saturated heterocycles. The van der Waals surface area contributed by atoms with Gasteiger partial charge >= 0.3 is 0 Å². The lowest BCUT2D eigenvalue weighted by Gasteiger charge is -2.25. The molecule has 2 aromatic carbocycles. The first-order valence-electron chi connectivity index (χ1n) is 12.4. The van der Waals surface area contributed by atoms with Crippen molar-refractivity contribution in [2.24, 2.45) is 0 Å². The third-order valence-electron chi connectivity index (χ3n) is 6.24. The molecule has 0 bridgehead atoms. The van der Waals surface area contributed by atoms with Gasteiger partial charge in [-0.05, 0) is 67.6 Å². The largest absolute Gasteiger partial charge is 0.507 e. The van der Waals surface area contributed by atoms with Crippen LogP contribution >= 0.6 is 0 Å². The fraction of sp³-hybridized carbons (Fsp3) is 0.448. The molecule has 6 heteroatoms. The van der Waals surface area contributed by atoms with Gasteiger partial charge in [0.25, 0.3) is 11.7 Å². The normalized spacial score (nSPS) is 17.5. The zero-order valence-corrected chi connectivity index (χ0v) is 21.6. The smallest absolute Gasteiger partial charge is 0.295 e. The van der Waals surface area contributed by atoms with E-state index in [1.807, 2.05) is 58.0 Å². The van der Waals surface area contributed by atoms with Crippen molar-refractivity contribution in [2.75, 3.05) is 13.7 Å². The maximum atomic E-state index is 13.2. The van der Waals surface area contributed by atoms with Gasteiger partial charge in [0.2, 0.25) is 0 Å². The number of benzene rings is 2. The van der Waals surface area contributed by atoms with E-state index in [9.17, 15) is 14.7 Å². The molecule has 0 spiro atoms. The highest BCUT2D eigenvalue weighted by molar-refractivity contribution is 6.46. The number of amides is 1. The summed E-state index contributed by atoms with van der Waals surface area (Å²) in [5, 5.41) is 11.4. The average Bonchev–Trinajstić information content (AvgIpc) is 3.08. The van der Waals surface area contributed by atoms with Crippen LogP contribution in [0.5, 0.6) is 11.5 Å². The number of carbonyl (C=O) groups excluding carboxylic acids is 2. The number of nitrogens with zero attached hydrogens (tertiary/aromatic N) is 1. The molecule has 1 N–H and O–H groups in total. The Morgan fingerprint density at radius 1 is 1.03 bits per heavy atom. The molecule has 0 radical (unpaired) electrons. The number of likely N-dealkylation sites (tertiary alicyclic amines) is 1. The van der Waals surface area contributed by atoms with Gasteiger partial charge in [0.05, 0.1) is 24.8 Å². The van der Waals surface area contributed by atoms with E-state index < -0.39 is 17.7 Å². The lowest BCUT2D eigenvalue weighted by Crippen LogP contribution is -2.30. The van der Waals surface area contributed by atoms with Crippen molar-refractivity contribution in [3.63, 3.8) is 0 Å². The minimum Gasteiger partial charge on any atom is -0.507 e. The molecule has 6 nitrogen and oxygen atoms in total. The summed E-state index contributed by atoms with van der Waals surface area (Å²) in [6.07, 6.45) is 2.77. The topological polar surface area (TPSA) is 76.1 Å². The van der Waals surface area contributed by atoms with Crippen LogP contribution in [-0.4, -0.2) is 41.5 Å². The average molecular weight is 480 g/mol. The van der Waals surface area contributed by atoms with Gasteiger partial charge in [-0.15, -0.1) is 0 Å². The minimum atomic E-state index is -0.662. The lowest BCUT2D eigenvalue weighted by atomic mass is 9.93. The Kier molecular flexibility index (Phi) is 8.60. The first-order valence-corrected chi connectivity index (χ1v) is 12.4. The lowest BCUT2D eigenvalue weighted by molar-refractivity contribution is -0.139. The van der Waals surface area contributed by atoms with Gasteiger partial charge in [-0.25, -0.2) is 0 Å². The van der Waals surface area contributed by atoms with Crippen LogP contribution in [0.4, 0.5) is 0 Å². The number of rotatable bonds is 10. The fourth-order valence-electron chi connectivity index (χ4n) is 4.48. The van der Waals surface area contributed by atoms with Crippen LogP contribution in [0.1, 0.15) is 82.5 Å². The van der Waals surface area contributed by atoms with E-state index in [2.05, 4.69) is 6.92 Å². The summed E-state index contributed by atoms with van der Waals surface area (Å²) in [5.41, 5.74) is 2.28. The molecule has 3 rings (SSSR count). The first-order chi connectivity index (χ1) is 16.7. The molecule has 188 valence electrons. The first kappa shape index (κ1) is 26.3. The van der Waals surface area contributed by atoms with Crippen LogP contribution in [0.25, 0.3) is 5.76 Å². The summed E-state index contributed by atoms with van der Waals surface area (Å²) in [7, 11) is 1.61. The third kappa shape index (κ3) is 5.69. The van der Waals surface area contributed by atoms with Crippen molar-refractivity contribution >= 4 is 17.4 Å². The van der Waals surface area contributed by atoms with Crippen molar-refractivity contribution in [1.29, 1.82) is 0 Å². The SMILES string of the molecule is CCCCCN1C(=O)C(=O)/C(=C(\O)c2ccc(OC)c(C(C)C)c2)C1c1ccc(OC(C)C)cc1.